The second-order valence-corrected chi connectivity index (χ2v) is 7.36. The lowest BCUT2D eigenvalue weighted by molar-refractivity contribution is -0.121. The lowest BCUT2D eigenvalue weighted by Gasteiger charge is -2.22. The summed E-state index contributed by atoms with van der Waals surface area (Å²) in [5.74, 6) is 0.847. The first kappa shape index (κ1) is 22.2. The van der Waals surface area contributed by atoms with Crippen molar-refractivity contribution in [3.8, 4) is 0 Å². The molecule has 0 spiro atoms. The topological polar surface area (TPSA) is 74.8 Å². The molecule has 1 atom stereocenters. The van der Waals surface area contributed by atoms with Crippen molar-refractivity contribution in [3.63, 3.8) is 0 Å². The Bertz CT molecular complexity index is 585. The minimum Gasteiger partial charge on any atom is -0.374 e. The van der Waals surface area contributed by atoms with E-state index >= 15 is 0 Å². The van der Waals surface area contributed by atoms with Crippen LogP contribution in [-0.4, -0.2) is 44.7 Å². The summed E-state index contributed by atoms with van der Waals surface area (Å²) >= 11 is 0. The lowest BCUT2D eigenvalue weighted by atomic mass is 9.95. The molecule has 1 aromatic carbocycles. The Morgan fingerprint density at radius 2 is 1.86 bits per heavy atom. The summed E-state index contributed by atoms with van der Waals surface area (Å²) in [6, 6.07) is 10.6. The third-order valence-electron chi connectivity index (χ3n) is 5.09. The molecular weight excluding hydrogens is 352 g/mol. The van der Waals surface area contributed by atoms with Gasteiger partial charge in [-0.3, -0.25) is 9.79 Å². The van der Waals surface area contributed by atoms with E-state index in [0.717, 1.165) is 31.8 Å². The van der Waals surface area contributed by atoms with Gasteiger partial charge >= 0.3 is 0 Å². The van der Waals surface area contributed by atoms with Gasteiger partial charge in [0, 0.05) is 39.2 Å². The van der Waals surface area contributed by atoms with Gasteiger partial charge in [0.2, 0.25) is 5.91 Å². The van der Waals surface area contributed by atoms with Crippen molar-refractivity contribution in [2.75, 3.05) is 26.7 Å². The maximum absolute atomic E-state index is 12.0. The van der Waals surface area contributed by atoms with Gasteiger partial charge in [-0.25, -0.2) is 0 Å². The van der Waals surface area contributed by atoms with Gasteiger partial charge in [-0.2, -0.15) is 0 Å². The summed E-state index contributed by atoms with van der Waals surface area (Å²) in [5.41, 5.74) is 1.19. The van der Waals surface area contributed by atoms with E-state index in [2.05, 4.69) is 40.0 Å². The molecule has 0 bridgehead atoms. The molecule has 1 aliphatic rings. The molecule has 6 nitrogen and oxygen atoms in total. The first-order chi connectivity index (χ1) is 13.7. The number of benzene rings is 1. The zero-order chi connectivity index (χ0) is 20.0. The Hall–Kier alpha value is -2.08. The maximum atomic E-state index is 12.0. The highest BCUT2D eigenvalue weighted by atomic mass is 16.5. The van der Waals surface area contributed by atoms with Crippen LogP contribution in [-0.2, 0) is 9.53 Å². The first-order valence-corrected chi connectivity index (χ1v) is 10.6. The van der Waals surface area contributed by atoms with Crippen molar-refractivity contribution in [2.24, 2.45) is 4.99 Å². The molecule has 0 radical (unpaired) electrons. The zero-order valence-corrected chi connectivity index (χ0v) is 17.4. The monoisotopic (exact) mass is 388 g/mol. The number of hydrogen-bond acceptors (Lipinski definition) is 3. The number of guanidine groups is 1. The van der Waals surface area contributed by atoms with E-state index in [1.54, 1.807) is 7.05 Å². The summed E-state index contributed by atoms with van der Waals surface area (Å²) in [5, 5.41) is 9.60. The van der Waals surface area contributed by atoms with Gasteiger partial charge in [0.05, 0.1) is 6.10 Å². The van der Waals surface area contributed by atoms with Crippen LogP contribution < -0.4 is 16.0 Å². The smallest absolute Gasteiger partial charge is 0.221 e. The summed E-state index contributed by atoms with van der Waals surface area (Å²) in [7, 11) is 1.74. The molecule has 1 fully saturated rings. The zero-order valence-electron chi connectivity index (χ0n) is 17.4. The van der Waals surface area contributed by atoms with E-state index in [-0.39, 0.29) is 12.0 Å². The predicted molar refractivity (Wildman–Crippen MR) is 114 cm³/mol. The molecule has 0 aliphatic heterocycles. The van der Waals surface area contributed by atoms with Crippen LogP contribution >= 0.6 is 0 Å². The number of nitrogens with zero attached hydrogens (tertiary/aromatic N) is 1. The van der Waals surface area contributed by atoms with Gasteiger partial charge in [0.15, 0.2) is 5.96 Å². The number of aliphatic imine (C=N–C) groups is 1. The Balaban J connectivity index is 1.52. The average molecular weight is 389 g/mol. The van der Waals surface area contributed by atoms with Crippen LogP contribution in [0.5, 0.6) is 0 Å². The molecule has 1 unspecified atom stereocenters. The summed E-state index contributed by atoms with van der Waals surface area (Å²) < 4.78 is 5.88. The third-order valence-corrected chi connectivity index (χ3v) is 5.09. The number of rotatable bonds is 10. The molecule has 1 aliphatic carbocycles. The first-order valence-electron chi connectivity index (χ1n) is 10.6. The Labute approximate surface area is 169 Å². The Kier molecular flexibility index (Phi) is 10.4. The summed E-state index contributed by atoms with van der Waals surface area (Å²) in [6.45, 7) is 4.11. The van der Waals surface area contributed by atoms with Gasteiger partial charge in [0.25, 0.3) is 0 Å². The molecule has 0 saturated heterocycles. The SMILES string of the molecule is CN=C(NCCCOC(C)c1ccccc1)NCCC(=O)NC1CCCCC1. The Morgan fingerprint density at radius 1 is 1.14 bits per heavy atom. The fraction of sp³-hybridized carbons (Fsp3) is 0.636. The molecule has 1 amide bonds. The number of ether oxygens (including phenoxy) is 1. The second-order valence-electron chi connectivity index (χ2n) is 7.36. The fourth-order valence-corrected chi connectivity index (χ4v) is 3.42. The molecule has 28 heavy (non-hydrogen) atoms. The van der Waals surface area contributed by atoms with Crippen LogP contribution in [0.4, 0.5) is 0 Å². The second kappa shape index (κ2) is 13.2. The normalized spacial score (nSPS) is 16.4. The van der Waals surface area contributed by atoms with E-state index < -0.39 is 0 Å². The van der Waals surface area contributed by atoms with Crippen molar-refractivity contribution in [2.45, 2.75) is 64.0 Å². The fourth-order valence-electron chi connectivity index (χ4n) is 3.42. The van der Waals surface area contributed by atoms with Crippen LogP contribution in [0.2, 0.25) is 0 Å². The molecule has 1 saturated carbocycles. The molecule has 156 valence electrons. The molecule has 3 N–H and O–H groups in total. The van der Waals surface area contributed by atoms with E-state index in [1.165, 1.54) is 24.8 Å². The van der Waals surface area contributed by atoms with Crippen LogP contribution in [0.15, 0.2) is 35.3 Å². The molecule has 0 heterocycles. The molecule has 1 aromatic rings. The van der Waals surface area contributed by atoms with Crippen molar-refractivity contribution in [1.29, 1.82) is 0 Å². The minimum absolute atomic E-state index is 0.0984. The number of carbonyl (C=O) groups excluding carboxylic acids is 1. The van der Waals surface area contributed by atoms with E-state index in [1.807, 2.05) is 18.2 Å². The lowest BCUT2D eigenvalue weighted by Crippen LogP contribution is -2.41. The largest absolute Gasteiger partial charge is 0.374 e. The van der Waals surface area contributed by atoms with Crippen LogP contribution in [0, 0.1) is 0 Å². The minimum atomic E-state index is 0.0984. The van der Waals surface area contributed by atoms with Crippen LogP contribution in [0.25, 0.3) is 0 Å². The number of amides is 1. The van der Waals surface area contributed by atoms with Gasteiger partial charge in [-0.15, -0.1) is 0 Å². The van der Waals surface area contributed by atoms with Gasteiger partial charge < -0.3 is 20.7 Å². The molecule has 6 heteroatoms. The number of hydrogen-bond donors (Lipinski definition) is 3. The van der Waals surface area contributed by atoms with Crippen molar-refractivity contribution in [1.82, 2.24) is 16.0 Å². The molecule has 2 rings (SSSR count). The standard InChI is InChI=1S/C22H36N4O2/c1-18(19-10-5-3-6-11-19)28-17-9-15-24-22(23-2)25-16-14-21(27)26-20-12-7-4-8-13-20/h3,5-6,10-11,18,20H,4,7-9,12-17H2,1-2H3,(H,26,27)(H2,23,24,25). The van der Waals surface area contributed by atoms with Gasteiger partial charge in [-0.05, 0) is 31.7 Å². The van der Waals surface area contributed by atoms with E-state index in [4.69, 9.17) is 4.74 Å². The maximum Gasteiger partial charge on any atom is 0.221 e. The van der Waals surface area contributed by atoms with Crippen molar-refractivity contribution < 1.29 is 9.53 Å². The highest BCUT2D eigenvalue weighted by Crippen LogP contribution is 2.17. The van der Waals surface area contributed by atoms with E-state index in [9.17, 15) is 4.79 Å². The van der Waals surface area contributed by atoms with Crippen molar-refractivity contribution >= 4 is 11.9 Å². The highest BCUT2D eigenvalue weighted by Gasteiger charge is 2.15. The van der Waals surface area contributed by atoms with Gasteiger partial charge in [-0.1, -0.05) is 49.6 Å². The van der Waals surface area contributed by atoms with Crippen molar-refractivity contribution in [3.05, 3.63) is 35.9 Å². The summed E-state index contributed by atoms with van der Waals surface area (Å²) in [6.07, 6.45) is 7.45. The van der Waals surface area contributed by atoms with Crippen LogP contribution in [0.3, 0.4) is 0 Å². The van der Waals surface area contributed by atoms with Gasteiger partial charge in [0.1, 0.15) is 0 Å². The highest BCUT2D eigenvalue weighted by molar-refractivity contribution is 5.81. The Morgan fingerprint density at radius 3 is 2.57 bits per heavy atom. The average Bonchev–Trinajstić information content (AvgIpc) is 2.73. The summed E-state index contributed by atoms with van der Waals surface area (Å²) in [4.78, 5) is 16.2. The van der Waals surface area contributed by atoms with Crippen LogP contribution in [0.1, 0.15) is 63.5 Å². The molecular formula is C22H36N4O2. The number of nitrogens with one attached hydrogen (secondary N) is 3. The third kappa shape index (κ3) is 8.74. The molecule has 0 aromatic heterocycles. The predicted octanol–water partition coefficient (Wildman–Crippen LogP) is 3.16. The number of carbonyl (C=O) groups is 1. The van der Waals surface area contributed by atoms with E-state index in [0.29, 0.717) is 25.6 Å². The quantitative estimate of drug-likeness (QED) is 0.327.